The molecule has 1 unspecified atom stereocenters. The van der Waals surface area contributed by atoms with E-state index in [1.54, 1.807) is 12.1 Å². The Labute approximate surface area is 172 Å². The van der Waals surface area contributed by atoms with E-state index in [1.807, 2.05) is 16.7 Å². The number of fused-ring (bicyclic) bond motifs is 2. The van der Waals surface area contributed by atoms with E-state index in [9.17, 15) is 14.0 Å². The lowest BCUT2D eigenvalue weighted by Crippen LogP contribution is -2.40. The van der Waals surface area contributed by atoms with Gasteiger partial charge in [0.05, 0.1) is 6.54 Å². The molecule has 7 heteroatoms. The Hall–Kier alpha value is -3.35. The molecule has 0 aliphatic rings. The second kappa shape index (κ2) is 8.18. The quantitative estimate of drug-likeness (QED) is 0.380. The highest BCUT2D eigenvalue weighted by Gasteiger charge is 2.19. The van der Waals surface area contributed by atoms with E-state index in [-0.39, 0.29) is 11.3 Å². The lowest BCUT2D eigenvalue weighted by atomic mass is 9.98. The minimum absolute atomic E-state index is 0.213. The fourth-order valence-electron chi connectivity index (χ4n) is 3.73. The number of aryl methyl sites for hydroxylation is 2. The maximum atomic E-state index is 13.1. The van der Waals surface area contributed by atoms with Gasteiger partial charge in [0.1, 0.15) is 11.3 Å². The molecule has 0 radical (unpaired) electrons. The summed E-state index contributed by atoms with van der Waals surface area (Å²) in [6, 6.07) is 12.5. The molecule has 4 aromatic rings. The molecule has 2 aromatic carbocycles. The van der Waals surface area contributed by atoms with Crippen LogP contribution in [0.3, 0.4) is 0 Å². The van der Waals surface area contributed by atoms with Crippen LogP contribution in [-0.4, -0.2) is 15.0 Å². The molecule has 0 bridgehead atoms. The monoisotopic (exact) mass is 407 g/mol. The van der Waals surface area contributed by atoms with Crippen LogP contribution in [0.15, 0.2) is 52.1 Å². The second-order valence-corrected chi connectivity index (χ2v) is 7.66. The maximum Gasteiger partial charge on any atom is 0.413 e. The molecule has 0 saturated carbocycles. The van der Waals surface area contributed by atoms with Crippen molar-refractivity contribution in [2.45, 2.75) is 45.6 Å². The van der Waals surface area contributed by atoms with E-state index in [1.165, 1.54) is 12.1 Å². The Balaban J connectivity index is 1.80. The van der Waals surface area contributed by atoms with Crippen molar-refractivity contribution in [3.63, 3.8) is 0 Å². The Morgan fingerprint density at radius 2 is 1.87 bits per heavy atom. The van der Waals surface area contributed by atoms with Crippen molar-refractivity contribution < 1.29 is 8.96 Å². The zero-order valence-corrected chi connectivity index (χ0v) is 17.0. The molecule has 2 N–H and O–H groups in total. The van der Waals surface area contributed by atoms with Crippen LogP contribution in [0.2, 0.25) is 0 Å². The predicted molar refractivity (Wildman–Crippen MR) is 114 cm³/mol. The lowest BCUT2D eigenvalue weighted by molar-refractivity contribution is -0.648. The van der Waals surface area contributed by atoms with Gasteiger partial charge in [-0.2, -0.15) is 4.98 Å². The third-order valence-corrected chi connectivity index (χ3v) is 5.63. The maximum absolute atomic E-state index is 13.1. The summed E-state index contributed by atoms with van der Waals surface area (Å²) in [5.41, 5.74) is 3.33. The molecule has 0 aliphatic carbocycles. The van der Waals surface area contributed by atoms with E-state index < -0.39 is 11.2 Å². The van der Waals surface area contributed by atoms with E-state index in [0.29, 0.717) is 18.1 Å². The largest absolute Gasteiger partial charge is 0.413 e. The average Bonchev–Trinajstić information content (AvgIpc) is 2.74. The zero-order chi connectivity index (χ0) is 21.3. The highest BCUT2D eigenvalue weighted by atomic mass is 19.1. The van der Waals surface area contributed by atoms with Crippen LogP contribution in [0, 0.1) is 5.82 Å². The Kier molecular flexibility index (Phi) is 5.44. The van der Waals surface area contributed by atoms with Crippen LogP contribution in [0.5, 0.6) is 0 Å². The fourth-order valence-corrected chi connectivity index (χ4v) is 3.73. The molecular formula is C23H24FN4O2+. The summed E-state index contributed by atoms with van der Waals surface area (Å²) in [4.78, 5) is 33.9. The molecule has 6 nitrogen and oxygen atoms in total. The normalized spacial score (nSPS) is 12.5. The topological polar surface area (TPSA) is 82.5 Å². The predicted octanol–water partition coefficient (Wildman–Crippen LogP) is 3.34. The number of halogens is 1. The fraction of sp³-hybridized carbons (Fsp3) is 0.304. The van der Waals surface area contributed by atoms with Crippen LogP contribution >= 0.6 is 0 Å². The first kappa shape index (κ1) is 19.9. The van der Waals surface area contributed by atoms with Crippen LogP contribution in [-0.2, 0) is 13.0 Å². The number of rotatable bonds is 6. The van der Waals surface area contributed by atoms with Crippen LogP contribution in [0.1, 0.15) is 43.7 Å². The Morgan fingerprint density at radius 3 is 2.60 bits per heavy atom. The van der Waals surface area contributed by atoms with Crippen molar-refractivity contribution >= 4 is 22.2 Å². The number of H-pyrrole nitrogens is 2. The summed E-state index contributed by atoms with van der Waals surface area (Å²) in [7, 11) is 0. The summed E-state index contributed by atoms with van der Waals surface area (Å²) in [6.45, 7) is 4.87. The second-order valence-electron chi connectivity index (χ2n) is 7.66. The molecule has 0 amide bonds. The van der Waals surface area contributed by atoms with Crippen LogP contribution in [0.25, 0.3) is 22.2 Å². The molecular weight excluding hydrogens is 383 g/mol. The lowest BCUT2D eigenvalue weighted by Gasteiger charge is -2.12. The SMILES string of the molecule is CCC(C)c1ccc2c(c1)nc1c(=O)[nH]c(=O)[nH]c1[n+]2CCCc1ccc(F)cc1. The number of hydrogen-bond donors (Lipinski definition) is 2. The molecule has 1 atom stereocenters. The smallest absolute Gasteiger partial charge is 0.267 e. The highest BCUT2D eigenvalue weighted by Crippen LogP contribution is 2.22. The molecule has 0 saturated heterocycles. The Bertz CT molecular complexity index is 1330. The first-order valence-corrected chi connectivity index (χ1v) is 10.2. The third kappa shape index (κ3) is 3.87. The van der Waals surface area contributed by atoms with Gasteiger partial charge in [0, 0.05) is 0 Å². The molecule has 0 fully saturated rings. The number of benzene rings is 2. The van der Waals surface area contributed by atoms with Gasteiger partial charge in [-0.1, -0.05) is 32.0 Å². The molecule has 154 valence electrons. The number of nitrogens with zero attached hydrogens (tertiary/aromatic N) is 2. The molecule has 0 aliphatic heterocycles. The standard InChI is InChI=1S/C23H23FN4O2/c1-3-14(2)16-8-11-19-18(13-16)25-20-21(26-23(30)27-22(20)29)28(19)12-4-5-15-6-9-17(24)10-7-15/h6-11,13-14H,3-5,12H2,1-2H3,(H,27,29,30)/p+1. The zero-order valence-electron chi connectivity index (χ0n) is 17.0. The van der Waals surface area contributed by atoms with Gasteiger partial charge in [0.15, 0.2) is 5.52 Å². The number of nitrogens with one attached hydrogen (secondary N) is 2. The van der Waals surface area contributed by atoms with Crippen molar-refractivity contribution in [1.82, 2.24) is 15.0 Å². The minimum atomic E-state index is -0.558. The van der Waals surface area contributed by atoms with Gasteiger partial charge in [0.2, 0.25) is 5.52 Å². The number of aromatic nitrogens is 4. The van der Waals surface area contributed by atoms with Gasteiger partial charge in [-0.15, -0.1) is 0 Å². The van der Waals surface area contributed by atoms with Crippen molar-refractivity contribution in [3.8, 4) is 0 Å². The minimum Gasteiger partial charge on any atom is -0.267 e. The first-order valence-electron chi connectivity index (χ1n) is 10.2. The van der Waals surface area contributed by atoms with Gasteiger partial charge in [-0.05, 0) is 60.6 Å². The summed E-state index contributed by atoms with van der Waals surface area (Å²) >= 11 is 0. The molecule has 2 heterocycles. The van der Waals surface area contributed by atoms with Crippen LogP contribution in [0.4, 0.5) is 4.39 Å². The van der Waals surface area contributed by atoms with Crippen molar-refractivity contribution in [3.05, 3.63) is 80.2 Å². The highest BCUT2D eigenvalue weighted by molar-refractivity contribution is 5.79. The summed E-state index contributed by atoms with van der Waals surface area (Å²) in [5, 5.41) is 0. The van der Waals surface area contributed by atoms with Crippen LogP contribution < -0.4 is 15.8 Å². The summed E-state index contributed by atoms with van der Waals surface area (Å²) in [6.07, 6.45) is 2.51. The van der Waals surface area contributed by atoms with Gasteiger partial charge in [-0.25, -0.2) is 18.7 Å². The summed E-state index contributed by atoms with van der Waals surface area (Å²) < 4.78 is 15.1. The number of aromatic amines is 2. The number of hydrogen-bond acceptors (Lipinski definition) is 3. The van der Waals surface area contributed by atoms with Gasteiger partial charge >= 0.3 is 11.3 Å². The van der Waals surface area contributed by atoms with E-state index in [4.69, 9.17) is 0 Å². The van der Waals surface area contributed by atoms with Gasteiger partial charge in [-0.3, -0.25) is 9.78 Å². The van der Waals surface area contributed by atoms with E-state index in [2.05, 4.69) is 34.9 Å². The van der Waals surface area contributed by atoms with Crippen molar-refractivity contribution in [2.24, 2.45) is 0 Å². The molecule has 30 heavy (non-hydrogen) atoms. The molecule has 2 aromatic heterocycles. The van der Waals surface area contributed by atoms with Crippen molar-refractivity contribution in [1.29, 1.82) is 0 Å². The third-order valence-electron chi connectivity index (χ3n) is 5.63. The van der Waals surface area contributed by atoms with Crippen molar-refractivity contribution in [2.75, 3.05) is 0 Å². The molecule has 4 rings (SSSR count). The first-order chi connectivity index (χ1) is 14.5. The van der Waals surface area contributed by atoms with E-state index in [0.717, 1.165) is 41.4 Å². The Morgan fingerprint density at radius 1 is 1.10 bits per heavy atom. The van der Waals surface area contributed by atoms with Gasteiger partial charge < -0.3 is 0 Å². The van der Waals surface area contributed by atoms with Gasteiger partial charge in [0.25, 0.3) is 5.56 Å². The molecule has 0 spiro atoms. The summed E-state index contributed by atoms with van der Waals surface area (Å²) in [5.74, 6) is 0.126. The average molecular weight is 407 g/mol. The van der Waals surface area contributed by atoms with E-state index >= 15 is 0 Å².